The van der Waals surface area contributed by atoms with Crippen molar-refractivity contribution < 1.29 is 14.3 Å². The zero-order chi connectivity index (χ0) is 21.3. The molecule has 154 valence electrons. The van der Waals surface area contributed by atoms with Crippen LogP contribution in [-0.4, -0.2) is 18.7 Å². The quantitative estimate of drug-likeness (QED) is 0.341. The Morgan fingerprint density at radius 1 is 0.900 bits per heavy atom. The predicted molar refractivity (Wildman–Crippen MR) is 120 cm³/mol. The number of carbonyl (C=O) groups is 1. The summed E-state index contributed by atoms with van der Waals surface area (Å²) >= 11 is 17.9. The van der Waals surface area contributed by atoms with Gasteiger partial charge in [-0.15, -0.1) is 0 Å². The molecular weight excluding hydrogens is 447 g/mol. The number of amides is 1. The number of para-hydroxylation sites is 1. The molecule has 0 aliphatic rings. The number of rotatable bonds is 8. The summed E-state index contributed by atoms with van der Waals surface area (Å²) in [5.74, 6) is 0.734. The van der Waals surface area contributed by atoms with E-state index in [0.717, 1.165) is 11.1 Å². The van der Waals surface area contributed by atoms with Crippen molar-refractivity contribution >= 4 is 46.9 Å². The van der Waals surface area contributed by atoms with Crippen LogP contribution in [0, 0.1) is 0 Å². The first-order valence-electron chi connectivity index (χ1n) is 8.87. The van der Waals surface area contributed by atoms with E-state index in [0.29, 0.717) is 33.2 Å². The molecule has 3 aromatic rings. The number of hydrogen-bond acceptors (Lipinski definition) is 4. The largest absolute Gasteiger partial charge is 0.489 e. The van der Waals surface area contributed by atoms with E-state index in [1.54, 1.807) is 48.5 Å². The average molecular weight is 464 g/mol. The fourth-order valence-electron chi connectivity index (χ4n) is 2.36. The summed E-state index contributed by atoms with van der Waals surface area (Å²) in [6, 6.07) is 19.5. The van der Waals surface area contributed by atoms with E-state index in [2.05, 4.69) is 10.5 Å². The van der Waals surface area contributed by atoms with Crippen molar-refractivity contribution in [2.24, 2.45) is 5.10 Å². The highest BCUT2D eigenvalue weighted by Gasteiger charge is 2.04. The Morgan fingerprint density at radius 3 is 2.40 bits per heavy atom. The highest BCUT2D eigenvalue weighted by Crippen LogP contribution is 2.24. The topological polar surface area (TPSA) is 59.9 Å². The number of nitrogens with zero attached hydrogens (tertiary/aromatic N) is 1. The molecular formula is C22H17Cl3N2O3. The van der Waals surface area contributed by atoms with Crippen LogP contribution >= 0.6 is 34.8 Å². The molecule has 0 radical (unpaired) electrons. The van der Waals surface area contributed by atoms with Gasteiger partial charge in [0.25, 0.3) is 5.91 Å². The normalized spacial score (nSPS) is 10.8. The van der Waals surface area contributed by atoms with Crippen molar-refractivity contribution in [2.45, 2.75) is 6.61 Å². The molecule has 0 aromatic heterocycles. The number of hydrazone groups is 1. The third-order valence-electron chi connectivity index (χ3n) is 3.87. The molecule has 0 saturated heterocycles. The first-order valence-corrected chi connectivity index (χ1v) is 10.0. The lowest BCUT2D eigenvalue weighted by Gasteiger charge is -2.07. The maximum Gasteiger partial charge on any atom is 0.277 e. The SMILES string of the molecule is O=C(COc1ccccc1Cl)N/N=C\c1ccc(OCc2ccc(Cl)c(Cl)c2)cc1. The van der Waals surface area contributed by atoms with Gasteiger partial charge in [0.05, 0.1) is 21.3 Å². The standard InChI is InChI=1S/C22H17Cl3N2O3/c23-18-10-7-16(11-20(18)25)13-29-17-8-5-15(6-9-17)12-26-27-22(28)14-30-21-4-2-1-3-19(21)24/h1-12H,13-14H2,(H,27,28)/b26-12-. The minimum atomic E-state index is -0.396. The van der Waals surface area contributed by atoms with Gasteiger partial charge in [-0.25, -0.2) is 5.43 Å². The van der Waals surface area contributed by atoms with E-state index in [1.165, 1.54) is 6.21 Å². The molecule has 0 bridgehead atoms. The summed E-state index contributed by atoms with van der Waals surface area (Å²) < 4.78 is 11.1. The second-order valence-electron chi connectivity index (χ2n) is 6.12. The van der Waals surface area contributed by atoms with E-state index < -0.39 is 5.91 Å². The zero-order valence-electron chi connectivity index (χ0n) is 15.6. The molecule has 0 saturated carbocycles. The van der Waals surface area contributed by atoms with Crippen molar-refractivity contribution in [1.29, 1.82) is 0 Å². The molecule has 0 atom stereocenters. The summed E-state index contributed by atoms with van der Waals surface area (Å²) in [4.78, 5) is 11.8. The average Bonchev–Trinajstić information content (AvgIpc) is 2.75. The fraction of sp³-hybridized carbons (Fsp3) is 0.0909. The molecule has 0 aliphatic carbocycles. The van der Waals surface area contributed by atoms with Crippen molar-refractivity contribution in [3.05, 3.63) is 92.9 Å². The number of ether oxygens (including phenoxy) is 2. The molecule has 0 aliphatic heterocycles. The third kappa shape index (κ3) is 6.66. The number of halogens is 3. The van der Waals surface area contributed by atoms with Gasteiger partial charge >= 0.3 is 0 Å². The molecule has 5 nitrogen and oxygen atoms in total. The highest BCUT2D eigenvalue weighted by molar-refractivity contribution is 6.42. The van der Waals surface area contributed by atoms with Crippen molar-refractivity contribution in [3.8, 4) is 11.5 Å². The smallest absolute Gasteiger partial charge is 0.277 e. The molecule has 0 spiro atoms. The molecule has 3 rings (SSSR count). The van der Waals surface area contributed by atoms with E-state index in [-0.39, 0.29) is 6.61 Å². The predicted octanol–water partition coefficient (Wildman–Crippen LogP) is 5.75. The van der Waals surface area contributed by atoms with Crippen LogP contribution in [0.2, 0.25) is 15.1 Å². The summed E-state index contributed by atoms with van der Waals surface area (Å²) in [5.41, 5.74) is 4.11. The van der Waals surface area contributed by atoms with Gasteiger partial charge < -0.3 is 9.47 Å². The Balaban J connectivity index is 1.44. The van der Waals surface area contributed by atoms with E-state index >= 15 is 0 Å². The Bertz CT molecular complexity index is 1040. The van der Waals surface area contributed by atoms with Gasteiger partial charge in [-0.3, -0.25) is 4.79 Å². The van der Waals surface area contributed by atoms with Crippen LogP contribution in [-0.2, 0) is 11.4 Å². The summed E-state index contributed by atoms with van der Waals surface area (Å²) in [6.07, 6.45) is 1.52. The molecule has 30 heavy (non-hydrogen) atoms. The molecule has 0 heterocycles. The molecule has 1 amide bonds. The van der Waals surface area contributed by atoms with E-state index in [9.17, 15) is 4.79 Å². The van der Waals surface area contributed by atoms with Crippen molar-refractivity contribution in [1.82, 2.24) is 5.43 Å². The van der Waals surface area contributed by atoms with E-state index in [1.807, 2.05) is 18.2 Å². The van der Waals surface area contributed by atoms with Crippen LogP contribution in [0.1, 0.15) is 11.1 Å². The lowest BCUT2D eigenvalue weighted by Crippen LogP contribution is -2.24. The molecule has 0 fully saturated rings. The summed E-state index contributed by atoms with van der Waals surface area (Å²) in [7, 11) is 0. The Morgan fingerprint density at radius 2 is 1.67 bits per heavy atom. The lowest BCUT2D eigenvalue weighted by molar-refractivity contribution is -0.123. The van der Waals surface area contributed by atoms with Crippen molar-refractivity contribution in [2.75, 3.05) is 6.61 Å². The second-order valence-corrected chi connectivity index (χ2v) is 7.34. The number of hydrogen-bond donors (Lipinski definition) is 1. The zero-order valence-corrected chi connectivity index (χ0v) is 17.9. The Hall–Kier alpha value is -2.73. The van der Waals surface area contributed by atoms with Gasteiger partial charge in [-0.05, 0) is 59.7 Å². The van der Waals surface area contributed by atoms with Crippen LogP contribution in [0.3, 0.4) is 0 Å². The minimum Gasteiger partial charge on any atom is -0.489 e. The maximum absolute atomic E-state index is 11.8. The maximum atomic E-state index is 11.8. The van der Waals surface area contributed by atoms with Crippen LogP contribution in [0.5, 0.6) is 11.5 Å². The lowest BCUT2D eigenvalue weighted by atomic mass is 10.2. The van der Waals surface area contributed by atoms with Crippen molar-refractivity contribution in [3.63, 3.8) is 0 Å². The Kier molecular flexibility index (Phi) is 7.97. The van der Waals surface area contributed by atoms with Gasteiger partial charge in [0.15, 0.2) is 6.61 Å². The van der Waals surface area contributed by atoms with Crippen LogP contribution < -0.4 is 14.9 Å². The van der Waals surface area contributed by atoms with Crippen LogP contribution in [0.15, 0.2) is 71.8 Å². The Labute approximate surface area is 189 Å². The summed E-state index contributed by atoms with van der Waals surface area (Å²) in [6.45, 7) is 0.175. The van der Waals surface area contributed by atoms with Crippen LogP contribution in [0.25, 0.3) is 0 Å². The number of nitrogens with one attached hydrogen (secondary N) is 1. The van der Waals surface area contributed by atoms with Gasteiger partial charge in [0.1, 0.15) is 18.1 Å². The second kappa shape index (κ2) is 10.9. The number of benzene rings is 3. The minimum absolute atomic E-state index is 0.192. The third-order valence-corrected chi connectivity index (χ3v) is 4.92. The monoisotopic (exact) mass is 462 g/mol. The molecule has 0 unspecified atom stereocenters. The fourth-order valence-corrected chi connectivity index (χ4v) is 2.87. The van der Waals surface area contributed by atoms with Gasteiger partial charge in [-0.2, -0.15) is 5.10 Å². The molecule has 8 heteroatoms. The van der Waals surface area contributed by atoms with Gasteiger partial charge in [0.2, 0.25) is 0 Å². The summed E-state index contributed by atoms with van der Waals surface area (Å²) in [5, 5.41) is 5.35. The van der Waals surface area contributed by atoms with Crippen LogP contribution in [0.4, 0.5) is 0 Å². The number of carbonyl (C=O) groups excluding carboxylic acids is 1. The first-order chi connectivity index (χ1) is 14.5. The molecule has 3 aromatic carbocycles. The first kappa shape index (κ1) is 22.0. The highest BCUT2D eigenvalue weighted by atomic mass is 35.5. The molecule has 1 N–H and O–H groups in total. The van der Waals surface area contributed by atoms with E-state index in [4.69, 9.17) is 44.3 Å². The van der Waals surface area contributed by atoms with Gasteiger partial charge in [-0.1, -0.05) is 53.0 Å². The van der Waals surface area contributed by atoms with Gasteiger partial charge in [0, 0.05) is 0 Å².